The number of benzene rings is 3. The average molecular weight is 958 g/mol. The number of nitrogens with zero attached hydrogens (tertiary/aromatic N) is 1. The summed E-state index contributed by atoms with van der Waals surface area (Å²) in [5.41, 5.74) is 2.31. The SMILES string of the molecule is C/C(=C\CCP(=O)(N[C@@H](C)C(=O)OCc1ccccc1)Oc1ccccc1)COCNC(=O)CNC(=O)[C@H](Cc1ccccc1)NC(=O)CNC(=O)CNC(=O)CCCCCN1C(=O)C=CC1=O. The molecule has 0 spiro atoms. The van der Waals surface area contributed by atoms with E-state index in [2.05, 4.69) is 31.7 Å². The first-order valence-electron chi connectivity index (χ1n) is 22.2. The summed E-state index contributed by atoms with van der Waals surface area (Å²) in [5.74, 6) is -3.82. The van der Waals surface area contributed by atoms with E-state index in [0.717, 1.165) is 21.6 Å². The Hall–Kier alpha value is -6.95. The minimum atomic E-state index is -3.62. The van der Waals surface area contributed by atoms with Crippen LogP contribution >= 0.6 is 7.52 Å². The number of carbonyl (C=O) groups is 8. The van der Waals surface area contributed by atoms with Gasteiger partial charge in [-0.15, -0.1) is 0 Å². The van der Waals surface area contributed by atoms with Gasteiger partial charge in [-0.1, -0.05) is 96.9 Å². The number of allylic oxidation sites excluding steroid dienone is 1. The molecule has 68 heavy (non-hydrogen) atoms. The summed E-state index contributed by atoms with van der Waals surface area (Å²) in [5, 5.41) is 15.4. The van der Waals surface area contributed by atoms with Crippen molar-refractivity contribution < 1.29 is 56.9 Å². The van der Waals surface area contributed by atoms with Gasteiger partial charge in [0.1, 0.15) is 31.2 Å². The van der Waals surface area contributed by atoms with Gasteiger partial charge < -0.3 is 40.6 Å². The third-order valence-electron chi connectivity index (χ3n) is 10.0. The summed E-state index contributed by atoms with van der Waals surface area (Å²) in [6.45, 7) is 2.33. The van der Waals surface area contributed by atoms with Crippen LogP contribution < -0.4 is 36.2 Å². The number of amides is 7. The summed E-state index contributed by atoms with van der Waals surface area (Å²) >= 11 is 0. The Balaban J connectivity index is 1.14. The van der Waals surface area contributed by atoms with Crippen LogP contribution in [-0.2, 0) is 65.4 Å². The van der Waals surface area contributed by atoms with Crippen molar-refractivity contribution in [3.63, 3.8) is 0 Å². The molecule has 0 saturated heterocycles. The van der Waals surface area contributed by atoms with E-state index in [1.165, 1.54) is 12.2 Å². The average Bonchev–Trinajstić information content (AvgIpc) is 3.65. The van der Waals surface area contributed by atoms with E-state index in [1.54, 1.807) is 74.5 Å². The molecular formula is C48H60N7O12P. The van der Waals surface area contributed by atoms with Crippen molar-refractivity contribution in [2.24, 2.45) is 0 Å². The quantitative estimate of drug-likeness (QED) is 0.0141. The highest BCUT2D eigenvalue weighted by molar-refractivity contribution is 7.57. The van der Waals surface area contributed by atoms with Gasteiger partial charge in [-0.25, -0.2) is 5.09 Å². The number of hydrogen-bond acceptors (Lipinski definition) is 12. The predicted octanol–water partition coefficient (Wildman–Crippen LogP) is 2.97. The minimum absolute atomic E-state index is 0.0461. The zero-order chi connectivity index (χ0) is 49.2. The topological polar surface area (TPSA) is 257 Å². The Bertz CT molecular complexity index is 2260. The largest absolute Gasteiger partial charge is 0.460 e. The summed E-state index contributed by atoms with van der Waals surface area (Å²) in [6, 6.07) is 24.7. The van der Waals surface area contributed by atoms with Crippen molar-refractivity contribution >= 4 is 54.8 Å². The van der Waals surface area contributed by atoms with E-state index < -0.39 is 62.3 Å². The summed E-state index contributed by atoms with van der Waals surface area (Å²) in [4.78, 5) is 100. The molecule has 19 nitrogen and oxygen atoms in total. The lowest BCUT2D eigenvalue weighted by atomic mass is 10.1. The second kappa shape index (κ2) is 28.9. The molecule has 0 radical (unpaired) electrons. The number of para-hydroxylation sites is 1. The molecule has 1 aliphatic rings. The van der Waals surface area contributed by atoms with E-state index in [9.17, 15) is 42.9 Å². The highest BCUT2D eigenvalue weighted by atomic mass is 31.2. The fourth-order valence-corrected chi connectivity index (χ4v) is 8.32. The standard InChI is InChI=1S/C48H60N7O12P/c1-35(16-15-27-68(64,67-39-21-11-5-12-22-39)54-36(2)48(63)66-33-38-19-9-4-10-20-38)32-65-34-52-43(58)30-51-47(62)40(28-37-17-7-3-8-18-37)53-44(59)31-50-42(57)29-49-41(56)23-13-6-14-26-55-45(60)24-25-46(55)61/h3-5,7-12,16-22,24-25,36,40H,6,13-15,23,26-34H2,1-2H3,(H,49,56)(H,50,57)(H,51,62)(H,52,58)(H,53,59)(H,54,64)/b35-16+/t36-,40-,68?/m0/s1. The number of hydrogen-bond donors (Lipinski definition) is 6. The summed E-state index contributed by atoms with van der Waals surface area (Å²) in [6.07, 6.45) is 6.41. The van der Waals surface area contributed by atoms with Gasteiger partial charge in [-0.05, 0) is 56.4 Å². The maximum Gasteiger partial charge on any atom is 0.323 e. The molecule has 0 aromatic heterocycles. The van der Waals surface area contributed by atoms with Gasteiger partial charge in [-0.2, -0.15) is 0 Å². The fraction of sp³-hybridized carbons (Fsp3) is 0.375. The lowest BCUT2D eigenvalue weighted by molar-refractivity contribution is -0.146. The zero-order valence-electron chi connectivity index (χ0n) is 38.2. The lowest BCUT2D eigenvalue weighted by Crippen LogP contribution is -2.52. The van der Waals surface area contributed by atoms with Gasteiger partial charge >= 0.3 is 13.5 Å². The Kier molecular flexibility index (Phi) is 22.8. The van der Waals surface area contributed by atoms with Crippen LogP contribution in [0.15, 0.2) is 115 Å². The zero-order valence-corrected chi connectivity index (χ0v) is 39.1. The molecule has 6 N–H and O–H groups in total. The van der Waals surface area contributed by atoms with Gasteiger partial charge in [0.15, 0.2) is 0 Å². The van der Waals surface area contributed by atoms with Crippen LogP contribution in [0.5, 0.6) is 5.75 Å². The van der Waals surface area contributed by atoms with Crippen LogP contribution in [0, 0.1) is 0 Å². The molecule has 0 bridgehead atoms. The molecule has 364 valence electrons. The molecule has 4 rings (SSSR count). The lowest BCUT2D eigenvalue weighted by Gasteiger charge is -2.23. The molecule has 1 unspecified atom stereocenters. The molecule has 0 fully saturated rings. The molecule has 0 saturated carbocycles. The fourth-order valence-electron chi connectivity index (χ4n) is 6.42. The number of nitrogens with one attached hydrogen (secondary N) is 6. The number of esters is 1. The van der Waals surface area contributed by atoms with Crippen LogP contribution in [0.4, 0.5) is 0 Å². The Morgan fingerprint density at radius 1 is 0.706 bits per heavy atom. The first kappa shape index (κ1) is 53.7. The highest BCUT2D eigenvalue weighted by Crippen LogP contribution is 2.44. The van der Waals surface area contributed by atoms with Crippen molar-refractivity contribution in [1.82, 2.24) is 36.6 Å². The Morgan fingerprint density at radius 2 is 1.29 bits per heavy atom. The van der Waals surface area contributed by atoms with Crippen LogP contribution in [0.1, 0.15) is 57.1 Å². The van der Waals surface area contributed by atoms with E-state index in [4.69, 9.17) is 14.0 Å². The van der Waals surface area contributed by atoms with E-state index in [-0.39, 0.29) is 69.8 Å². The highest BCUT2D eigenvalue weighted by Gasteiger charge is 2.30. The summed E-state index contributed by atoms with van der Waals surface area (Å²) < 4.78 is 30.9. The third-order valence-corrected chi connectivity index (χ3v) is 12.2. The maximum atomic E-state index is 14.0. The monoisotopic (exact) mass is 957 g/mol. The molecule has 3 aromatic rings. The van der Waals surface area contributed by atoms with Gasteiger partial charge in [0.05, 0.1) is 32.4 Å². The van der Waals surface area contributed by atoms with Crippen molar-refractivity contribution in [3.8, 4) is 5.75 Å². The molecular weight excluding hydrogens is 898 g/mol. The Labute approximate surface area is 395 Å². The van der Waals surface area contributed by atoms with E-state index in [0.29, 0.717) is 31.4 Å². The molecule has 20 heteroatoms. The summed E-state index contributed by atoms with van der Waals surface area (Å²) in [7, 11) is -3.62. The third kappa shape index (κ3) is 20.7. The second-order valence-electron chi connectivity index (χ2n) is 15.7. The maximum absolute atomic E-state index is 14.0. The van der Waals surface area contributed by atoms with Crippen molar-refractivity contribution in [3.05, 3.63) is 126 Å². The van der Waals surface area contributed by atoms with Crippen LogP contribution in [0.3, 0.4) is 0 Å². The van der Waals surface area contributed by atoms with E-state index >= 15 is 0 Å². The molecule has 3 aromatic carbocycles. The molecule has 7 amide bonds. The van der Waals surface area contributed by atoms with Gasteiger partial charge in [0, 0.05) is 31.5 Å². The molecule has 1 heterocycles. The van der Waals surface area contributed by atoms with Gasteiger partial charge in [0.2, 0.25) is 29.5 Å². The van der Waals surface area contributed by atoms with E-state index in [1.807, 2.05) is 36.4 Å². The molecule has 3 atom stereocenters. The minimum Gasteiger partial charge on any atom is -0.460 e. The number of ether oxygens (including phenoxy) is 2. The van der Waals surface area contributed by atoms with Crippen LogP contribution in [-0.4, -0.2) is 110 Å². The van der Waals surface area contributed by atoms with Crippen LogP contribution in [0.2, 0.25) is 0 Å². The number of imide groups is 1. The number of rotatable bonds is 30. The first-order valence-corrected chi connectivity index (χ1v) is 24.0. The van der Waals surface area contributed by atoms with Gasteiger partial charge in [-0.3, -0.25) is 47.8 Å². The first-order chi connectivity index (χ1) is 32.7. The van der Waals surface area contributed by atoms with Crippen molar-refractivity contribution in [2.45, 2.75) is 71.1 Å². The van der Waals surface area contributed by atoms with Gasteiger partial charge in [0.25, 0.3) is 11.8 Å². The van der Waals surface area contributed by atoms with Crippen LogP contribution in [0.25, 0.3) is 0 Å². The van der Waals surface area contributed by atoms with Crippen molar-refractivity contribution in [2.75, 3.05) is 45.7 Å². The number of carbonyl (C=O) groups excluding carboxylic acids is 8. The predicted molar refractivity (Wildman–Crippen MR) is 251 cm³/mol. The Morgan fingerprint density at radius 3 is 1.97 bits per heavy atom. The second-order valence-corrected chi connectivity index (χ2v) is 18.0. The molecule has 0 aliphatic carbocycles. The molecule has 1 aliphatic heterocycles. The van der Waals surface area contributed by atoms with Crippen molar-refractivity contribution in [1.29, 1.82) is 0 Å². The number of unbranched alkanes of at least 4 members (excludes halogenated alkanes) is 2. The normalized spacial score (nSPS) is 14.0. The smallest absolute Gasteiger partial charge is 0.323 e.